The van der Waals surface area contributed by atoms with Crippen molar-refractivity contribution in [2.24, 2.45) is 0 Å². The maximum atomic E-state index is 5.92. The zero-order valence-corrected chi connectivity index (χ0v) is 9.02. The van der Waals surface area contributed by atoms with Crippen LogP contribution in [0.25, 0.3) is 0 Å². The van der Waals surface area contributed by atoms with E-state index in [1.807, 2.05) is 6.07 Å². The van der Waals surface area contributed by atoms with Crippen molar-refractivity contribution in [3.63, 3.8) is 0 Å². The lowest BCUT2D eigenvalue weighted by Crippen LogP contribution is -1.97. The molecular formula is C8H9BrClNO. The average molecular weight is 251 g/mol. The van der Waals surface area contributed by atoms with Crippen LogP contribution >= 0.6 is 27.5 Å². The summed E-state index contributed by atoms with van der Waals surface area (Å²) in [6.07, 6.45) is 2.49. The highest BCUT2D eigenvalue weighted by atomic mass is 79.9. The minimum absolute atomic E-state index is 0.647. The van der Waals surface area contributed by atoms with Crippen LogP contribution in [0.4, 0.5) is 0 Å². The highest BCUT2D eigenvalue weighted by Crippen LogP contribution is 2.18. The lowest BCUT2D eigenvalue weighted by molar-refractivity contribution is 0.201. The standard InChI is InChI=1S/C8H9BrClNO/c1-12-3-2-8-7(10)4-6(9)5-11-8/h4-5H,2-3H2,1H3. The summed E-state index contributed by atoms with van der Waals surface area (Å²) in [5, 5.41) is 0.682. The SMILES string of the molecule is COCCc1ncc(Br)cc1Cl. The molecule has 0 spiro atoms. The van der Waals surface area contributed by atoms with Crippen molar-refractivity contribution in [1.82, 2.24) is 4.98 Å². The number of pyridine rings is 1. The lowest BCUT2D eigenvalue weighted by Gasteiger charge is -2.01. The monoisotopic (exact) mass is 249 g/mol. The fourth-order valence-corrected chi connectivity index (χ4v) is 1.55. The smallest absolute Gasteiger partial charge is 0.0633 e. The van der Waals surface area contributed by atoms with Gasteiger partial charge in [-0.05, 0) is 22.0 Å². The van der Waals surface area contributed by atoms with Crippen molar-refractivity contribution in [1.29, 1.82) is 0 Å². The van der Waals surface area contributed by atoms with Crippen LogP contribution in [0.5, 0.6) is 0 Å². The quantitative estimate of drug-likeness (QED) is 0.823. The Morgan fingerprint density at radius 1 is 1.67 bits per heavy atom. The van der Waals surface area contributed by atoms with Crippen LogP contribution in [0, 0.1) is 0 Å². The predicted molar refractivity (Wildman–Crippen MR) is 52.5 cm³/mol. The summed E-state index contributed by atoms with van der Waals surface area (Å²) in [6, 6.07) is 1.83. The molecule has 0 amide bonds. The molecule has 1 heterocycles. The van der Waals surface area contributed by atoms with E-state index >= 15 is 0 Å². The number of aromatic nitrogens is 1. The van der Waals surface area contributed by atoms with Crippen molar-refractivity contribution < 1.29 is 4.74 Å². The molecule has 0 bridgehead atoms. The second kappa shape index (κ2) is 4.80. The van der Waals surface area contributed by atoms with Crippen LogP contribution in [0.2, 0.25) is 5.02 Å². The molecule has 0 aliphatic rings. The van der Waals surface area contributed by atoms with Gasteiger partial charge < -0.3 is 4.74 Å². The topological polar surface area (TPSA) is 22.1 Å². The van der Waals surface area contributed by atoms with E-state index in [2.05, 4.69) is 20.9 Å². The van der Waals surface area contributed by atoms with Gasteiger partial charge in [0.1, 0.15) is 0 Å². The number of halogens is 2. The normalized spacial score (nSPS) is 10.2. The third-order valence-electron chi connectivity index (χ3n) is 1.43. The Morgan fingerprint density at radius 3 is 3.00 bits per heavy atom. The fourth-order valence-electron chi connectivity index (χ4n) is 0.826. The van der Waals surface area contributed by atoms with Crippen molar-refractivity contribution >= 4 is 27.5 Å². The summed E-state index contributed by atoms with van der Waals surface area (Å²) in [6.45, 7) is 0.647. The van der Waals surface area contributed by atoms with Crippen LogP contribution in [0.3, 0.4) is 0 Å². The lowest BCUT2D eigenvalue weighted by atomic mass is 10.3. The van der Waals surface area contributed by atoms with Crippen molar-refractivity contribution in [2.75, 3.05) is 13.7 Å². The summed E-state index contributed by atoms with van der Waals surface area (Å²) in [7, 11) is 1.66. The van der Waals surface area contributed by atoms with Crippen LogP contribution in [-0.4, -0.2) is 18.7 Å². The molecule has 1 aromatic heterocycles. The molecule has 0 saturated heterocycles. The van der Waals surface area contributed by atoms with E-state index in [0.29, 0.717) is 11.6 Å². The summed E-state index contributed by atoms with van der Waals surface area (Å²) in [5.41, 5.74) is 0.877. The van der Waals surface area contributed by atoms with E-state index in [-0.39, 0.29) is 0 Å². The first kappa shape index (κ1) is 9.96. The second-order valence-corrected chi connectivity index (χ2v) is 3.65. The molecular weight excluding hydrogens is 241 g/mol. The van der Waals surface area contributed by atoms with Gasteiger partial charge in [-0.15, -0.1) is 0 Å². The molecule has 0 aromatic carbocycles. The average Bonchev–Trinajstić information content (AvgIpc) is 2.03. The molecule has 1 rings (SSSR count). The summed E-state index contributed by atoms with van der Waals surface area (Å²) in [5.74, 6) is 0. The molecule has 0 N–H and O–H groups in total. The molecule has 0 atom stereocenters. The van der Waals surface area contributed by atoms with Gasteiger partial charge in [0.05, 0.1) is 17.3 Å². The number of rotatable bonds is 3. The fraction of sp³-hybridized carbons (Fsp3) is 0.375. The summed E-state index contributed by atoms with van der Waals surface area (Å²) >= 11 is 9.20. The van der Waals surface area contributed by atoms with Gasteiger partial charge in [-0.3, -0.25) is 4.98 Å². The second-order valence-electron chi connectivity index (χ2n) is 2.32. The van der Waals surface area contributed by atoms with Gasteiger partial charge in [-0.2, -0.15) is 0 Å². The van der Waals surface area contributed by atoms with Gasteiger partial charge in [0, 0.05) is 24.2 Å². The Balaban J connectivity index is 2.72. The van der Waals surface area contributed by atoms with Gasteiger partial charge in [-0.25, -0.2) is 0 Å². The Bertz CT molecular complexity index is 267. The first-order chi connectivity index (χ1) is 5.74. The zero-order chi connectivity index (χ0) is 8.97. The maximum absolute atomic E-state index is 5.92. The number of ether oxygens (including phenoxy) is 1. The van der Waals surface area contributed by atoms with E-state index in [0.717, 1.165) is 16.6 Å². The van der Waals surface area contributed by atoms with Crippen molar-refractivity contribution in [2.45, 2.75) is 6.42 Å². The molecule has 0 radical (unpaired) electrons. The molecule has 0 aliphatic carbocycles. The van der Waals surface area contributed by atoms with Crippen LogP contribution < -0.4 is 0 Å². The molecule has 0 saturated carbocycles. The summed E-state index contributed by atoms with van der Waals surface area (Å²) < 4.78 is 5.82. The molecule has 1 aromatic rings. The molecule has 0 aliphatic heterocycles. The minimum atomic E-state index is 0.647. The highest BCUT2D eigenvalue weighted by Gasteiger charge is 2.01. The van der Waals surface area contributed by atoms with Gasteiger partial charge >= 0.3 is 0 Å². The molecule has 12 heavy (non-hydrogen) atoms. The number of nitrogens with zero attached hydrogens (tertiary/aromatic N) is 1. The van der Waals surface area contributed by atoms with Gasteiger partial charge in [-0.1, -0.05) is 11.6 Å². The Hall–Kier alpha value is -0.120. The highest BCUT2D eigenvalue weighted by molar-refractivity contribution is 9.10. The zero-order valence-electron chi connectivity index (χ0n) is 6.68. The first-order valence-corrected chi connectivity index (χ1v) is 4.70. The molecule has 0 fully saturated rings. The Morgan fingerprint density at radius 2 is 2.42 bits per heavy atom. The van der Waals surface area contributed by atoms with E-state index in [4.69, 9.17) is 16.3 Å². The van der Waals surface area contributed by atoms with Crippen LogP contribution in [0.1, 0.15) is 5.69 Å². The van der Waals surface area contributed by atoms with Crippen LogP contribution in [-0.2, 0) is 11.2 Å². The van der Waals surface area contributed by atoms with Gasteiger partial charge in [0.2, 0.25) is 0 Å². The van der Waals surface area contributed by atoms with E-state index in [1.54, 1.807) is 13.3 Å². The number of hydrogen-bond acceptors (Lipinski definition) is 2. The van der Waals surface area contributed by atoms with Gasteiger partial charge in [0.15, 0.2) is 0 Å². The number of methoxy groups -OCH3 is 1. The van der Waals surface area contributed by atoms with Crippen molar-refractivity contribution in [3.8, 4) is 0 Å². The third kappa shape index (κ3) is 2.73. The van der Waals surface area contributed by atoms with E-state index in [9.17, 15) is 0 Å². The molecule has 0 unspecified atom stereocenters. The largest absolute Gasteiger partial charge is 0.384 e. The third-order valence-corrected chi connectivity index (χ3v) is 2.19. The number of hydrogen-bond donors (Lipinski definition) is 0. The predicted octanol–water partition coefficient (Wildman–Crippen LogP) is 2.69. The first-order valence-electron chi connectivity index (χ1n) is 3.53. The van der Waals surface area contributed by atoms with Gasteiger partial charge in [0.25, 0.3) is 0 Å². The Labute approximate surface area is 85.0 Å². The molecule has 66 valence electrons. The van der Waals surface area contributed by atoms with Crippen molar-refractivity contribution in [3.05, 3.63) is 27.5 Å². The summed E-state index contributed by atoms with van der Waals surface area (Å²) in [4.78, 5) is 4.16. The van der Waals surface area contributed by atoms with E-state index in [1.165, 1.54) is 0 Å². The van der Waals surface area contributed by atoms with Crippen LogP contribution in [0.15, 0.2) is 16.7 Å². The Kier molecular flexibility index (Phi) is 3.98. The minimum Gasteiger partial charge on any atom is -0.384 e. The maximum Gasteiger partial charge on any atom is 0.0633 e. The molecule has 4 heteroatoms. The molecule has 2 nitrogen and oxygen atoms in total. The van der Waals surface area contributed by atoms with E-state index < -0.39 is 0 Å².